The fourth-order valence-corrected chi connectivity index (χ4v) is 2.13. The summed E-state index contributed by atoms with van der Waals surface area (Å²) >= 11 is 8.81. The molecular formula is C15H25NOS2. The van der Waals surface area contributed by atoms with Gasteiger partial charge in [0.2, 0.25) is 0 Å². The van der Waals surface area contributed by atoms with E-state index in [4.69, 9.17) is 17.3 Å². The topological polar surface area (TPSA) is 32.3 Å². The van der Waals surface area contributed by atoms with Crippen LogP contribution in [-0.4, -0.2) is 17.2 Å². The van der Waals surface area contributed by atoms with Gasteiger partial charge in [0.05, 0.1) is 5.49 Å². The molecule has 4 heteroatoms. The van der Waals surface area contributed by atoms with Crippen molar-refractivity contribution in [1.29, 1.82) is 0 Å². The summed E-state index contributed by atoms with van der Waals surface area (Å²) in [6, 6.07) is 0. The van der Waals surface area contributed by atoms with Crippen LogP contribution in [0.5, 0.6) is 0 Å². The van der Waals surface area contributed by atoms with Crippen molar-refractivity contribution in [2.45, 2.75) is 27.2 Å². The van der Waals surface area contributed by atoms with Crippen LogP contribution in [0, 0.1) is 17.8 Å². The fraction of sp³-hybridized carbons (Fsp3) is 0.533. The third-order valence-electron chi connectivity index (χ3n) is 3.47. The maximum atomic E-state index is 9.01. The molecule has 19 heavy (non-hydrogen) atoms. The quantitative estimate of drug-likeness (QED) is 0.345. The Labute approximate surface area is 128 Å². The molecule has 0 rings (SSSR count). The number of nitrogens with one attached hydrogen (secondary N) is 1. The van der Waals surface area contributed by atoms with E-state index < -0.39 is 0 Å². The summed E-state index contributed by atoms with van der Waals surface area (Å²) in [5.41, 5.74) is 2.56. The zero-order valence-corrected chi connectivity index (χ0v) is 13.6. The molecule has 2 N–H and O–H groups in total. The number of thiol groups is 1. The van der Waals surface area contributed by atoms with Gasteiger partial charge in [-0.25, -0.2) is 0 Å². The molecular weight excluding hydrogens is 274 g/mol. The normalized spacial score (nSPS) is 17.6. The molecule has 0 aromatic heterocycles. The summed E-state index contributed by atoms with van der Waals surface area (Å²) < 4.78 is 0. The van der Waals surface area contributed by atoms with Crippen LogP contribution in [0.25, 0.3) is 0 Å². The Morgan fingerprint density at radius 1 is 1.32 bits per heavy atom. The van der Waals surface area contributed by atoms with E-state index in [2.05, 4.69) is 44.8 Å². The van der Waals surface area contributed by atoms with Crippen LogP contribution in [0.3, 0.4) is 0 Å². The van der Waals surface area contributed by atoms with Gasteiger partial charge in [0.1, 0.15) is 0 Å². The molecule has 2 nitrogen and oxygen atoms in total. The van der Waals surface area contributed by atoms with Gasteiger partial charge in [-0.05, 0) is 47.3 Å². The van der Waals surface area contributed by atoms with E-state index in [0.717, 1.165) is 12.0 Å². The summed E-state index contributed by atoms with van der Waals surface area (Å²) in [5.74, 6) is 1.45. The van der Waals surface area contributed by atoms with Gasteiger partial charge in [0.15, 0.2) is 0 Å². The molecule has 0 aliphatic heterocycles. The van der Waals surface area contributed by atoms with Gasteiger partial charge in [0.25, 0.3) is 0 Å². The third-order valence-corrected chi connectivity index (χ3v) is 3.76. The molecule has 0 aromatic carbocycles. The molecule has 0 aliphatic rings. The predicted molar refractivity (Wildman–Crippen MR) is 91.3 cm³/mol. The van der Waals surface area contributed by atoms with E-state index >= 15 is 0 Å². The van der Waals surface area contributed by atoms with Crippen molar-refractivity contribution in [2.24, 2.45) is 17.8 Å². The SMILES string of the molecule is CC(/C=C(/C=C\S)\C=C/NC=S)C(C)C(C)CCO. The highest BCUT2D eigenvalue weighted by Crippen LogP contribution is 2.25. The summed E-state index contributed by atoms with van der Waals surface area (Å²) in [6.45, 7) is 6.86. The molecule has 0 heterocycles. The second-order valence-corrected chi connectivity index (χ2v) is 5.34. The largest absolute Gasteiger partial charge is 0.396 e. The van der Waals surface area contributed by atoms with Gasteiger partial charge < -0.3 is 10.4 Å². The van der Waals surface area contributed by atoms with Crippen molar-refractivity contribution in [3.05, 3.63) is 35.4 Å². The molecule has 0 spiro atoms. The molecule has 3 unspecified atom stereocenters. The lowest BCUT2D eigenvalue weighted by atomic mass is 9.82. The van der Waals surface area contributed by atoms with E-state index in [9.17, 15) is 0 Å². The van der Waals surface area contributed by atoms with Crippen LogP contribution < -0.4 is 5.32 Å². The van der Waals surface area contributed by atoms with E-state index in [1.54, 1.807) is 11.6 Å². The molecule has 108 valence electrons. The van der Waals surface area contributed by atoms with E-state index in [0.29, 0.717) is 17.8 Å². The number of hydrogen-bond donors (Lipinski definition) is 3. The summed E-state index contributed by atoms with van der Waals surface area (Å²) in [4.78, 5) is 0. The highest BCUT2D eigenvalue weighted by Gasteiger charge is 2.17. The number of aliphatic hydroxyl groups excluding tert-OH is 1. The minimum Gasteiger partial charge on any atom is -0.396 e. The zero-order chi connectivity index (χ0) is 14.7. The monoisotopic (exact) mass is 299 g/mol. The van der Waals surface area contributed by atoms with Crippen molar-refractivity contribution in [2.75, 3.05) is 6.61 Å². The number of rotatable bonds is 9. The summed E-state index contributed by atoms with van der Waals surface area (Å²) in [7, 11) is 0. The summed E-state index contributed by atoms with van der Waals surface area (Å²) in [6.07, 6.45) is 8.79. The van der Waals surface area contributed by atoms with Crippen LogP contribution in [0.4, 0.5) is 0 Å². The second kappa shape index (κ2) is 11.3. The first kappa shape index (κ1) is 18.4. The molecule has 0 fully saturated rings. The van der Waals surface area contributed by atoms with Gasteiger partial charge >= 0.3 is 0 Å². The first-order chi connectivity index (χ1) is 9.06. The lowest BCUT2D eigenvalue weighted by Gasteiger charge is -2.23. The summed E-state index contributed by atoms with van der Waals surface area (Å²) in [5, 5.41) is 13.6. The Hall–Kier alpha value is -0.580. The van der Waals surface area contributed by atoms with E-state index in [-0.39, 0.29) is 6.61 Å². The van der Waals surface area contributed by atoms with Crippen LogP contribution in [0.1, 0.15) is 27.2 Å². The number of thiocarbonyl (C=S) groups is 1. The number of hydrogen-bond acceptors (Lipinski definition) is 3. The number of aliphatic hydroxyl groups is 1. The fourth-order valence-electron chi connectivity index (χ4n) is 1.88. The van der Waals surface area contributed by atoms with Crippen LogP contribution >= 0.6 is 24.8 Å². The average molecular weight is 300 g/mol. The van der Waals surface area contributed by atoms with Crippen molar-refractivity contribution < 1.29 is 5.11 Å². The van der Waals surface area contributed by atoms with Crippen LogP contribution in [-0.2, 0) is 0 Å². The first-order valence-electron chi connectivity index (χ1n) is 6.56. The lowest BCUT2D eigenvalue weighted by Crippen LogP contribution is -2.16. The molecule has 3 atom stereocenters. The van der Waals surface area contributed by atoms with E-state index in [1.165, 1.54) is 5.49 Å². The van der Waals surface area contributed by atoms with Gasteiger partial charge in [-0.3, -0.25) is 0 Å². The molecule has 0 radical (unpaired) electrons. The molecule has 0 aliphatic carbocycles. The molecule has 0 saturated carbocycles. The zero-order valence-electron chi connectivity index (χ0n) is 11.9. The van der Waals surface area contributed by atoms with Crippen molar-refractivity contribution in [3.8, 4) is 0 Å². The minimum atomic E-state index is 0.254. The molecule has 0 aromatic rings. The smallest absolute Gasteiger partial charge is 0.0654 e. The Morgan fingerprint density at radius 3 is 2.53 bits per heavy atom. The van der Waals surface area contributed by atoms with Crippen molar-refractivity contribution >= 4 is 30.3 Å². The molecule has 0 amide bonds. The Balaban J connectivity index is 4.76. The number of allylic oxidation sites excluding steroid dienone is 4. The highest BCUT2D eigenvalue weighted by atomic mass is 32.1. The second-order valence-electron chi connectivity index (χ2n) is 4.81. The average Bonchev–Trinajstić information content (AvgIpc) is 2.38. The van der Waals surface area contributed by atoms with Gasteiger partial charge in [-0.15, -0.1) is 0 Å². The Kier molecular flexibility index (Phi) is 10.9. The van der Waals surface area contributed by atoms with Crippen molar-refractivity contribution in [1.82, 2.24) is 5.32 Å². The predicted octanol–water partition coefficient (Wildman–Crippen LogP) is 3.71. The molecule has 0 bridgehead atoms. The molecule has 0 saturated heterocycles. The highest BCUT2D eigenvalue weighted by molar-refractivity contribution is 7.83. The Morgan fingerprint density at radius 2 is 2.00 bits per heavy atom. The van der Waals surface area contributed by atoms with Gasteiger partial charge in [-0.2, -0.15) is 12.6 Å². The minimum absolute atomic E-state index is 0.254. The third kappa shape index (κ3) is 8.24. The van der Waals surface area contributed by atoms with E-state index in [1.807, 2.05) is 12.2 Å². The lowest BCUT2D eigenvalue weighted by molar-refractivity contribution is 0.218. The maximum absolute atomic E-state index is 9.01. The first-order valence-corrected chi connectivity index (χ1v) is 7.55. The van der Waals surface area contributed by atoms with Gasteiger partial charge in [0, 0.05) is 12.8 Å². The Bertz CT molecular complexity index is 337. The van der Waals surface area contributed by atoms with Crippen LogP contribution in [0.15, 0.2) is 35.4 Å². The van der Waals surface area contributed by atoms with Gasteiger partial charge in [-0.1, -0.05) is 39.1 Å². The maximum Gasteiger partial charge on any atom is 0.0654 e. The van der Waals surface area contributed by atoms with Crippen molar-refractivity contribution in [3.63, 3.8) is 0 Å². The van der Waals surface area contributed by atoms with Crippen LogP contribution in [0.2, 0.25) is 0 Å². The standard InChI is InChI=1S/C15H25NOS2/c1-12(5-8-17)14(3)13(2)10-15(6-9-18)4-7-16-11-19/h4,6-7,9-14,17-18H,5,8H2,1-3H3,(H,16,19)/b7-4-,9-6-,15-10+.